The van der Waals surface area contributed by atoms with Gasteiger partial charge in [-0.15, -0.1) is 6.58 Å². The van der Waals surface area contributed by atoms with Crippen LogP contribution in [0.5, 0.6) is 0 Å². The van der Waals surface area contributed by atoms with Gasteiger partial charge in [0.1, 0.15) is 5.60 Å². The third-order valence-electron chi connectivity index (χ3n) is 3.60. The fourth-order valence-electron chi connectivity index (χ4n) is 3.03. The van der Waals surface area contributed by atoms with Crippen molar-refractivity contribution < 1.29 is 9.53 Å². The second kappa shape index (κ2) is 3.25. The largest absolute Gasteiger partial charge is 0.444 e. The van der Waals surface area contributed by atoms with Gasteiger partial charge >= 0.3 is 6.09 Å². The molecule has 2 aliphatic heterocycles. The third kappa shape index (κ3) is 1.62. The fraction of sp³-hybridized carbons (Fsp3) is 0.769. The number of carbonyl (C=O) groups excluding carboxylic acids is 1. The lowest BCUT2D eigenvalue weighted by Crippen LogP contribution is -2.48. The lowest BCUT2D eigenvalue weighted by atomic mass is 9.73. The molecule has 0 aromatic rings. The molecular weight excluding hydrogens is 202 g/mol. The predicted octanol–water partition coefficient (Wildman–Crippen LogP) is 2.96. The average molecular weight is 223 g/mol. The fourth-order valence-corrected chi connectivity index (χ4v) is 3.03. The van der Waals surface area contributed by atoms with Crippen LogP contribution in [0.2, 0.25) is 0 Å². The van der Waals surface area contributed by atoms with Gasteiger partial charge in [-0.3, -0.25) is 4.90 Å². The first-order valence-corrected chi connectivity index (χ1v) is 5.92. The van der Waals surface area contributed by atoms with Gasteiger partial charge in [0.25, 0.3) is 0 Å². The average Bonchev–Trinajstić information content (AvgIpc) is 2.48. The highest BCUT2D eigenvalue weighted by molar-refractivity contribution is 5.71. The second-order valence-corrected chi connectivity index (χ2v) is 6.24. The molecular formula is C13H21NO2. The summed E-state index contributed by atoms with van der Waals surface area (Å²) < 4.78 is 5.46. The standard InChI is InChI=1S/C13H21NO2/c1-6-10-9-7-13(5,8-9)14(10)11(15)16-12(2,3)4/h6,9-10H,1,7-8H2,2-5H3. The topological polar surface area (TPSA) is 29.5 Å². The summed E-state index contributed by atoms with van der Waals surface area (Å²) in [4.78, 5) is 14.0. The molecule has 3 rings (SSSR count). The van der Waals surface area contributed by atoms with E-state index in [0.717, 1.165) is 12.8 Å². The van der Waals surface area contributed by atoms with E-state index in [2.05, 4.69) is 13.5 Å². The Kier molecular flexibility index (Phi) is 2.34. The van der Waals surface area contributed by atoms with E-state index in [-0.39, 0.29) is 17.7 Å². The molecule has 1 amide bonds. The molecule has 1 aliphatic carbocycles. The van der Waals surface area contributed by atoms with E-state index in [1.165, 1.54) is 0 Å². The van der Waals surface area contributed by atoms with Gasteiger partial charge in [-0.2, -0.15) is 0 Å². The Labute approximate surface area is 97.5 Å². The first-order chi connectivity index (χ1) is 7.27. The number of ether oxygens (including phenoxy) is 1. The Hall–Kier alpha value is -0.990. The molecule has 2 heterocycles. The Morgan fingerprint density at radius 2 is 2.06 bits per heavy atom. The van der Waals surface area contributed by atoms with Crippen LogP contribution in [0.3, 0.4) is 0 Å². The minimum Gasteiger partial charge on any atom is -0.444 e. The van der Waals surface area contributed by atoms with E-state index in [1.807, 2.05) is 31.7 Å². The van der Waals surface area contributed by atoms with Crippen molar-refractivity contribution in [1.29, 1.82) is 0 Å². The van der Waals surface area contributed by atoms with Crippen LogP contribution in [0.4, 0.5) is 4.79 Å². The molecule has 1 saturated carbocycles. The third-order valence-corrected chi connectivity index (χ3v) is 3.60. The molecule has 16 heavy (non-hydrogen) atoms. The molecule has 0 spiro atoms. The molecule has 0 aromatic carbocycles. The van der Waals surface area contributed by atoms with Gasteiger partial charge in [-0.25, -0.2) is 4.79 Å². The van der Waals surface area contributed by atoms with Crippen LogP contribution >= 0.6 is 0 Å². The molecule has 90 valence electrons. The lowest BCUT2D eigenvalue weighted by Gasteiger charge is -2.39. The van der Waals surface area contributed by atoms with Gasteiger partial charge in [-0.05, 0) is 46.5 Å². The number of amides is 1. The number of hydrogen-bond acceptors (Lipinski definition) is 2. The predicted molar refractivity (Wildman–Crippen MR) is 63.2 cm³/mol. The SMILES string of the molecule is C=CC1C2CC(C)(C2)N1C(=O)OC(C)(C)C. The summed E-state index contributed by atoms with van der Waals surface area (Å²) in [5, 5.41) is 0. The quantitative estimate of drug-likeness (QED) is 0.640. The summed E-state index contributed by atoms with van der Waals surface area (Å²) in [6.45, 7) is 11.7. The minimum absolute atomic E-state index is 0.00581. The van der Waals surface area contributed by atoms with Gasteiger partial charge in [-0.1, -0.05) is 6.08 Å². The van der Waals surface area contributed by atoms with Crippen molar-refractivity contribution >= 4 is 6.09 Å². The van der Waals surface area contributed by atoms with Crippen LogP contribution in [-0.4, -0.2) is 28.2 Å². The number of nitrogens with zero attached hydrogens (tertiary/aromatic N) is 1. The molecule has 2 bridgehead atoms. The van der Waals surface area contributed by atoms with Gasteiger partial charge in [0, 0.05) is 5.54 Å². The Morgan fingerprint density at radius 1 is 1.50 bits per heavy atom. The molecule has 1 atom stereocenters. The van der Waals surface area contributed by atoms with Gasteiger partial charge in [0.05, 0.1) is 6.04 Å². The summed E-state index contributed by atoms with van der Waals surface area (Å²) in [5.41, 5.74) is -0.419. The van der Waals surface area contributed by atoms with E-state index >= 15 is 0 Å². The molecule has 1 unspecified atom stereocenters. The first-order valence-electron chi connectivity index (χ1n) is 5.92. The summed E-state index contributed by atoms with van der Waals surface area (Å²) >= 11 is 0. The van der Waals surface area contributed by atoms with Gasteiger partial charge in [0.2, 0.25) is 0 Å². The number of carbonyl (C=O) groups is 1. The molecule has 0 radical (unpaired) electrons. The van der Waals surface area contributed by atoms with Crippen molar-refractivity contribution in [3.05, 3.63) is 12.7 Å². The minimum atomic E-state index is -0.424. The zero-order chi connectivity index (χ0) is 12.1. The van der Waals surface area contributed by atoms with E-state index in [1.54, 1.807) is 0 Å². The van der Waals surface area contributed by atoms with Crippen molar-refractivity contribution in [2.45, 2.75) is 57.7 Å². The van der Waals surface area contributed by atoms with Crippen LogP contribution < -0.4 is 0 Å². The maximum absolute atomic E-state index is 12.1. The van der Waals surface area contributed by atoms with Crippen molar-refractivity contribution in [3.8, 4) is 0 Å². The summed E-state index contributed by atoms with van der Waals surface area (Å²) in [5.74, 6) is 0.593. The van der Waals surface area contributed by atoms with Crippen LogP contribution in [0, 0.1) is 5.92 Å². The van der Waals surface area contributed by atoms with Crippen molar-refractivity contribution in [3.63, 3.8) is 0 Å². The molecule has 3 heteroatoms. The van der Waals surface area contributed by atoms with Crippen molar-refractivity contribution in [1.82, 2.24) is 4.90 Å². The maximum Gasteiger partial charge on any atom is 0.411 e. The highest BCUT2D eigenvalue weighted by atomic mass is 16.6. The summed E-state index contributed by atoms with van der Waals surface area (Å²) in [6.07, 6.45) is 3.86. The number of rotatable bonds is 1. The molecule has 3 fully saturated rings. The Bertz CT molecular complexity index is 323. The normalized spacial score (nSPS) is 36.9. The number of fused-ring (bicyclic) bond motifs is 1. The first kappa shape index (κ1) is 11.5. The molecule has 3 aliphatic rings. The van der Waals surface area contributed by atoms with Crippen molar-refractivity contribution in [2.75, 3.05) is 0 Å². The van der Waals surface area contributed by atoms with Crippen LogP contribution in [0.25, 0.3) is 0 Å². The van der Waals surface area contributed by atoms with Crippen LogP contribution in [-0.2, 0) is 4.74 Å². The van der Waals surface area contributed by atoms with E-state index in [9.17, 15) is 4.79 Å². The van der Waals surface area contributed by atoms with Crippen molar-refractivity contribution in [2.24, 2.45) is 5.92 Å². The maximum atomic E-state index is 12.1. The monoisotopic (exact) mass is 223 g/mol. The smallest absolute Gasteiger partial charge is 0.411 e. The number of hydrogen-bond donors (Lipinski definition) is 0. The highest BCUT2D eigenvalue weighted by Crippen LogP contribution is 2.54. The molecule has 0 aromatic heterocycles. The highest BCUT2D eigenvalue weighted by Gasteiger charge is 2.60. The van der Waals surface area contributed by atoms with E-state index in [4.69, 9.17) is 4.74 Å². The van der Waals surface area contributed by atoms with E-state index < -0.39 is 5.60 Å². The Balaban J connectivity index is 2.14. The zero-order valence-electron chi connectivity index (χ0n) is 10.6. The van der Waals surface area contributed by atoms with Gasteiger partial charge in [0.15, 0.2) is 0 Å². The summed E-state index contributed by atoms with van der Waals surface area (Å²) in [6, 6.07) is 0.167. The van der Waals surface area contributed by atoms with Crippen LogP contribution in [0.1, 0.15) is 40.5 Å². The summed E-state index contributed by atoms with van der Waals surface area (Å²) in [7, 11) is 0. The lowest BCUT2D eigenvalue weighted by molar-refractivity contribution is 0.00767. The zero-order valence-corrected chi connectivity index (χ0v) is 10.6. The Morgan fingerprint density at radius 3 is 2.50 bits per heavy atom. The van der Waals surface area contributed by atoms with E-state index in [0.29, 0.717) is 5.92 Å². The molecule has 2 saturated heterocycles. The molecule has 0 N–H and O–H groups in total. The van der Waals surface area contributed by atoms with Gasteiger partial charge < -0.3 is 4.74 Å². The second-order valence-electron chi connectivity index (χ2n) is 6.24. The van der Waals surface area contributed by atoms with Crippen LogP contribution in [0.15, 0.2) is 12.7 Å². The molecule has 3 nitrogen and oxygen atoms in total.